The van der Waals surface area contributed by atoms with Crippen LogP contribution in [0.15, 0.2) is 35.3 Å². The van der Waals surface area contributed by atoms with Crippen LogP contribution >= 0.6 is 0 Å². The van der Waals surface area contributed by atoms with Gasteiger partial charge in [-0.2, -0.15) is 0 Å². The SMILES string of the molecule is CN(C)C(=O)CN=C(NCC1CCOC1)N1CCC(COCc2ccccc2)C1. The standard InChI is InChI=1S/C22H34N4O3/c1-25(2)21(27)13-24-22(23-12-19-9-11-28-16-19)26-10-8-20(14-26)17-29-15-18-6-4-3-5-7-18/h3-7,19-20H,8-17H2,1-2H3,(H,23,24). The number of likely N-dealkylation sites (tertiary alicyclic amines) is 1. The maximum absolute atomic E-state index is 12.0. The Hall–Kier alpha value is -2.12. The molecule has 2 heterocycles. The van der Waals surface area contributed by atoms with Gasteiger partial charge in [0.2, 0.25) is 5.91 Å². The Morgan fingerprint density at radius 1 is 1.28 bits per heavy atom. The van der Waals surface area contributed by atoms with Gasteiger partial charge in [-0.05, 0) is 18.4 Å². The fourth-order valence-corrected chi connectivity index (χ4v) is 3.61. The number of ether oxygens (including phenoxy) is 2. The number of carbonyl (C=O) groups excluding carboxylic acids is 1. The maximum atomic E-state index is 12.0. The van der Waals surface area contributed by atoms with E-state index >= 15 is 0 Å². The third kappa shape index (κ3) is 7.01. The van der Waals surface area contributed by atoms with Crippen molar-refractivity contribution in [3.8, 4) is 0 Å². The largest absolute Gasteiger partial charge is 0.381 e. The van der Waals surface area contributed by atoms with Crippen LogP contribution in [0.25, 0.3) is 0 Å². The number of hydrogen-bond acceptors (Lipinski definition) is 4. The molecule has 2 saturated heterocycles. The van der Waals surface area contributed by atoms with Crippen LogP contribution in [0.5, 0.6) is 0 Å². The van der Waals surface area contributed by atoms with E-state index in [1.165, 1.54) is 5.56 Å². The predicted octanol–water partition coefficient (Wildman–Crippen LogP) is 1.60. The molecule has 0 radical (unpaired) electrons. The number of amides is 1. The predicted molar refractivity (Wildman–Crippen MR) is 114 cm³/mol. The molecule has 0 aliphatic carbocycles. The summed E-state index contributed by atoms with van der Waals surface area (Å²) in [6.45, 7) is 5.86. The Morgan fingerprint density at radius 2 is 2.10 bits per heavy atom. The first-order valence-electron chi connectivity index (χ1n) is 10.5. The fraction of sp³-hybridized carbons (Fsp3) is 0.636. The van der Waals surface area contributed by atoms with Crippen LogP contribution in [-0.2, 0) is 20.9 Å². The van der Waals surface area contributed by atoms with Crippen molar-refractivity contribution in [1.82, 2.24) is 15.1 Å². The van der Waals surface area contributed by atoms with Gasteiger partial charge in [0.1, 0.15) is 6.54 Å². The molecule has 2 aliphatic rings. The zero-order valence-corrected chi connectivity index (χ0v) is 17.7. The first-order chi connectivity index (χ1) is 14.1. The van der Waals surface area contributed by atoms with E-state index in [2.05, 4.69) is 27.3 Å². The highest BCUT2D eigenvalue weighted by molar-refractivity contribution is 5.85. The van der Waals surface area contributed by atoms with Gasteiger partial charge in [0.15, 0.2) is 5.96 Å². The minimum atomic E-state index is 0.00967. The molecule has 0 bridgehead atoms. The average Bonchev–Trinajstić information content (AvgIpc) is 3.41. The average molecular weight is 403 g/mol. The van der Waals surface area contributed by atoms with Crippen molar-refractivity contribution in [2.75, 3.05) is 60.1 Å². The molecular weight excluding hydrogens is 368 g/mol. The van der Waals surface area contributed by atoms with Crippen LogP contribution in [0.2, 0.25) is 0 Å². The molecule has 3 rings (SSSR count). The molecule has 2 unspecified atom stereocenters. The van der Waals surface area contributed by atoms with Crippen molar-refractivity contribution in [3.63, 3.8) is 0 Å². The number of nitrogens with zero attached hydrogens (tertiary/aromatic N) is 3. The van der Waals surface area contributed by atoms with Crippen LogP contribution in [0.4, 0.5) is 0 Å². The molecule has 0 saturated carbocycles. The number of rotatable bonds is 8. The molecule has 29 heavy (non-hydrogen) atoms. The van der Waals surface area contributed by atoms with Crippen molar-refractivity contribution in [2.24, 2.45) is 16.8 Å². The highest BCUT2D eigenvalue weighted by atomic mass is 16.5. The van der Waals surface area contributed by atoms with Crippen LogP contribution < -0.4 is 5.32 Å². The number of benzene rings is 1. The van der Waals surface area contributed by atoms with Crippen molar-refractivity contribution < 1.29 is 14.3 Å². The van der Waals surface area contributed by atoms with E-state index in [1.807, 2.05) is 18.2 Å². The topological polar surface area (TPSA) is 66.4 Å². The lowest BCUT2D eigenvalue weighted by Gasteiger charge is -2.23. The summed E-state index contributed by atoms with van der Waals surface area (Å²) in [6.07, 6.45) is 2.15. The van der Waals surface area contributed by atoms with Gasteiger partial charge in [0, 0.05) is 52.2 Å². The highest BCUT2D eigenvalue weighted by Crippen LogP contribution is 2.18. The smallest absolute Gasteiger partial charge is 0.243 e. The Morgan fingerprint density at radius 3 is 2.83 bits per heavy atom. The number of likely N-dealkylation sites (N-methyl/N-ethyl adjacent to an activating group) is 1. The van der Waals surface area contributed by atoms with E-state index in [-0.39, 0.29) is 12.5 Å². The number of carbonyl (C=O) groups is 1. The van der Waals surface area contributed by atoms with Crippen molar-refractivity contribution in [3.05, 3.63) is 35.9 Å². The summed E-state index contributed by atoms with van der Waals surface area (Å²) >= 11 is 0. The van der Waals surface area contributed by atoms with Crippen molar-refractivity contribution in [2.45, 2.75) is 19.4 Å². The van der Waals surface area contributed by atoms with Gasteiger partial charge in [0.25, 0.3) is 0 Å². The lowest BCUT2D eigenvalue weighted by molar-refractivity contribution is -0.127. The highest BCUT2D eigenvalue weighted by Gasteiger charge is 2.26. The van der Waals surface area contributed by atoms with Gasteiger partial charge in [-0.1, -0.05) is 30.3 Å². The zero-order valence-electron chi connectivity index (χ0n) is 17.7. The number of nitrogens with one attached hydrogen (secondary N) is 1. The molecule has 7 nitrogen and oxygen atoms in total. The van der Waals surface area contributed by atoms with Crippen LogP contribution in [0.3, 0.4) is 0 Å². The Labute approximate surface area is 174 Å². The summed E-state index contributed by atoms with van der Waals surface area (Å²) in [5.74, 6) is 1.83. The minimum absolute atomic E-state index is 0.00967. The molecule has 2 fully saturated rings. The second-order valence-corrected chi connectivity index (χ2v) is 8.14. The van der Waals surface area contributed by atoms with Crippen LogP contribution in [0, 0.1) is 11.8 Å². The van der Waals surface area contributed by atoms with Gasteiger partial charge in [0.05, 0.1) is 19.8 Å². The van der Waals surface area contributed by atoms with E-state index in [0.717, 1.165) is 58.3 Å². The number of hydrogen-bond donors (Lipinski definition) is 1. The Kier molecular flexibility index (Phi) is 8.31. The first-order valence-corrected chi connectivity index (χ1v) is 10.5. The number of guanidine groups is 1. The summed E-state index contributed by atoms with van der Waals surface area (Å²) in [6, 6.07) is 10.3. The molecule has 0 aromatic heterocycles. The molecule has 1 amide bonds. The van der Waals surface area contributed by atoms with Gasteiger partial charge in [-0.15, -0.1) is 0 Å². The lowest BCUT2D eigenvalue weighted by Crippen LogP contribution is -2.43. The normalized spacial score (nSPS) is 22.1. The zero-order chi connectivity index (χ0) is 20.5. The lowest BCUT2D eigenvalue weighted by atomic mass is 10.1. The molecule has 1 N–H and O–H groups in total. The fourth-order valence-electron chi connectivity index (χ4n) is 3.61. The summed E-state index contributed by atoms with van der Waals surface area (Å²) in [4.78, 5) is 20.4. The molecule has 160 valence electrons. The molecule has 1 aromatic carbocycles. The van der Waals surface area contributed by atoms with E-state index < -0.39 is 0 Å². The summed E-state index contributed by atoms with van der Waals surface area (Å²) in [5.41, 5.74) is 1.20. The maximum Gasteiger partial charge on any atom is 0.243 e. The summed E-state index contributed by atoms with van der Waals surface area (Å²) < 4.78 is 11.4. The van der Waals surface area contributed by atoms with Crippen LogP contribution in [0.1, 0.15) is 18.4 Å². The molecule has 2 aliphatic heterocycles. The van der Waals surface area contributed by atoms with Gasteiger partial charge >= 0.3 is 0 Å². The third-order valence-corrected chi connectivity index (χ3v) is 5.49. The molecule has 1 aromatic rings. The van der Waals surface area contributed by atoms with E-state index in [4.69, 9.17) is 9.47 Å². The molecule has 2 atom stereocenters. The molecule has 7 heteroatoms. The van der Waals surface area contributed by atoms with E-state index in [1.54, 1.807) is 19.0 Å². The van der Waals surface area contributed by atoms with Crippen molar-refractivity contribution >= 4 is 11.9 Å². The molecular formula is C22H34N4O3. The number of aliphatic imine (C=N–C) groups is 1. The van der Waals surface area contributed by atoms with E-state index in [0.29, 0.717) is 18.4 Å². The third-order valence-electron chi connectivity index (χ3n) is 5.49. The summed E-state index contributed by atoms with van der Waals surface area (Å²) in [7, 11) is 3.52. The quantitative estimate of drug-likeness (QED) is 0.528. The summed E-state index contributed by atoms with van der Waals surface area (Å²) in [5, 5.41) is 3.48. The first kappa shape index (κ1) is 21.6. The van der Waals surface area contributed by atoms with Crippen molar-refractivity contribution in [1.29, 1.82) is 0 Å². The Bertz CT molecular complexity index is 659. The second-order valence-electron chi connectivity index (χ2n) is 8.14. The molecule has 0 spiro atoms. The van der Waals surface area contributed by atoms with Gasteiger partial charge < -0.3 is 24.6 Å². The van der Waals surface area contributed by atoms with E-state index in [9.17, 15) is 4.79 Å². The minimum Gasteiger partial charge on any atom is -0.381 e. The second kappa shape index (κ2) is 11.2. The van der Waals surface area contributed by atoms with Gasteiger partial charge in [-0.3, -0.25) is 4.79 Å². The van der Waals surface area contributed by atoms with Gasteiger partial charge in [-0.25, -0.2) is 4.99 Å². The van der Waals surface area contributed by atoms with Crippen LogP contribution in [-0.4, -0.2) is 81.8 Å². The monoisotopic (exact) mass is 402 g/mol. The Balaban J connectivity index is 1.49.